The first kappa shape index (κ1) is 20.8. The van der Waals surface area contributed by atoms with Gasteiger partial charge in [-0.3, -0.25) is 0 Å². The van der Waals surface area contributed by atoms with Crippen molar-refractivity contribution in [3.8, 4) is 16.9 Å². The second-order valence-electron chi connectivity index (χ2n) is 7.73. The van der Waals surface area contributed by atoms with E-state index in [-0.39, 0.29) is 0 Å². The molecular formula is C24H26O6. The van der Waals surface area contributed by atoms with Gasteiger partial charge in [0.05, 0.1) is 13.7 Å². The molecule has 6 nitrogen and oxygen atoms in total. The number of hydrogen-bond acceptors (Lipinski definition) is 6. The Bertz CT molecular complexity index is 941. The van der Waals surface area contributed by atoms with Gasteiger partial charge in [0.15, 0.2) is 0 Å². The topological polar surface area (TPSA) is 99.4 Å². The minimum absolute atomic E-state index is 0.462. The number of fused-ring (bicyclic) bond motifs is 1. The van der Waals surface area contributed by atoms with Crippen molar-refractivity contribution in [2.75, 3.05) is 13.7 Å². The zero-order valence-electron chi connectivity index (χ0n) is 16.7. The van der Waals surface area contributed by atoms with E-state index < -0.39 is 37.1 Å². The molecule has 0 amide bonds. The van der Waals surface area contributed by atoms with Gasteiger partial charge in [0.25, 0.3) is 0 Å². The molecule has 4 N–H and O–H groups in total. The first-order valence-electron chi connectivity index (χ1n) is 9.96. The van der Waals surface area contributed by atoms with Gasteiger partial charge in [0.2, 0.25) is 0 Å². The number of rotatable bonds is 5. The largest absolute Gasteiger partial charge is 0.497 e. The SMILES string of the molecule is COc1cc(Cc2cc3cccccc-3c2)cc([C@@H]2O[C@H](CO)[C@@H](O)[C@H](O)[C@H]2O)c1. The second-order valence-corrected chi connectivity index (χ2v) is 7.73. The average Bonchev–Trinajstić information content (AvgIpc) is 2.99. The highest BCUT2D eigenvalue weighted by Crippen LogP contribution is 2.35. The molecule has 2 aliphatic carbocycles. The van der Waals surface area contributed by atoms with Gasteiger partial charge >= 0.3 is 0 Å². The molecule has 1 heterocycles. The van der Waals surface area contributed by atoms with Crippen LogP contribution in [-0.4, -0.2) is 58.6 Å². The molecule has 0 radical (unpaired) electrons. The predicted molar refractivity (Wildman–Crippen MR) is 112 cm³/mol. The summed E-state index contributed by atoms with van der Waals surface area (Å²) in [6, 6.07) is 20.0. The van der Waals surface area contributed by atoms with Gasteiger partial charge in [0, 0.05) is 0 Å². The van der Waals surface area contributed by atoms with Gasteiger partial charge in [-0.15, -0.1) is 0 Å². The van der Waals surface area contributed by atoms with Gasteiger partial charge in [-0.05, 0) is 46.4 Å². The van der Waals surface area contributed by atoms with E-state index in [0.29, 0.717) is 17.7 Å². The van der Waals surface area contributed by atoms with Crippen LogP contribution in [0.2, 0.25) is 0 Å². The van der Waals surface area contributed by atoms with Crippen molar-refractivity contribution in [3.05, 3.63) is 77.4 Å². The number of ether oxygens (including phenoxy) is 2. The van der Waals surface area contributed by atoms with E-state index in [1.165, 1.54) is 0 Å². The molecule has 0 saturated carbocycles. The summed E-state index contributed by atoms with van der Waals surface area (Å²) in [6.07, 6.45) is -5.33. The van der Waals surface area contributed by atoms with Crippen molar-refractivity contribution < 1.29 is 29.9 Å². The van der Waals surface area contributed by atoms with Gasteiger partial charge in [-0.2, -0.15) is 0 Å². The molecule has 0 aromatic heterocycles. The lowest BCUT2D eigenvalue weighted by molar-refractivity contribution is -0.231. The number of hydrogen-bond donors (Lipinski definition) is 4. The van der Waals surface area contributed by atoms with Crippen LogP contribution in [0.1, 0.15) is 22.8 Å². The van der Waals surface area contributed by atoms with E-state index in [9.17, 15) is 20.4 Å². The molecular weight excluding hydrogens is 384 g/mol. The van der Waals surface area contributed by atoms with Crippen LogP contribution in [0.3, 0.4) is 0 Å². The summed E-state index contributed by atoms with van der Waals surface area (Å²) in [5.74, 6) is 0.599. The Morgan fingerprint density at radius 1 is 0.833 bits per heavy atom. The van der Waals surface area contributed by atoms with Crippen LogP contribution in [0, 0.1) is 0 Å². The monoisotopic (exact) mass is 410 g/mol. The molecule has 30 heavy (non-hydrogen) atoms. The molecule has 1 aromatic rings. The van der Waals surface area contributed by atoms with Crippen molar-refractivity contribution in [2.45, 2.75) is 36.9 Å². The van der Waals surface area contributed by atoms with Gasteiger partial charge in [0.1, 0.15) is 36.3 Å². The van der Waals surface area contributed by atoms with Crippen LogP contribution < -0.4 is 4.74 Å². The lowest BCUT2D eigenvalue weighted by Crippen LogP contribution is -2.55. The van der Waals surface area contributed by atoms with E-state index in [1.807, 2.05) is 30.3 Å². The van der Waals surface area contributed by atoms with Crippen molar-refractivity contribution >= 4 is 0 Å². The highest BCUT2D eigenvalue weighted by molar-refractivity contribution is 5.68. The normalized spacial score (nSPS) is 26.6. The Kier molecular flexibility index (Phi) is 6.04. The van der Waals surface area contributed by atoms with Crippen molar-refractivity contribution in [2.24, 2.45) is 0 Å². The van der Waals surface area contributed by atoms with Crippen LogP contribution >= 0.6 is 0 Å². The lowest BCUT2D eigenvalue weighted by Gasteiger charge is -2.40. The molecule has 0 unspecified atom stereocenters. The highest BCUT2D eigenvalue weighted by atomic mass is 16.5. The zero-order chi connectivity index (χ0) is 21.3. The molecule has 1 aliphatic heterocycles. The molecule has 4 rings (SSSR count). The van der Waals surface area contributed by atoms with Crippen LogP contribution in [0.15, 0.2) is 60.7 Å². The number of aliphatic hydroxyl groups is 4. The minimum Gasteiger partial charge on any atom is -0.497 e. The third-order valence-corrected chi connectivity index (χ3v) is 5.64. The molecule has 158 valence electrons. The molecule has 1 aromatic carbocycles. The van der Waals surface area contributed by atoms with E-state index >= 15 is 0 Å². The Morgan fingerprint density at radius 3 is 2.13 bits per heavy atom. The fourth-order valence-electron chi connectivity index (χ4n) is 4.06. The first-order chi connectivity index (χ1) is 14.5. The maximum atomic E-state index is 10.5. The van der Waals surface area contributed by atoms with Gasteiger partial charge in [-0.25, -0.2) is 0 Å². The van der Waals surface area contributed by atoms with E-state index in [0.717, 1.165) is 22.3 Å². The van der Waals surface area contributed by atoms with Crippen molar-refractivity contribution in [1.29, 1.82) is 0 Å². The highest BCUT2D eigenvalue weighted by Gasteiger charge is 2.44. The Balaban J connectivity index is 1.66. The minimum atomic E-state index is -1.42. The third kappa shape index (κ3) is 4.05. The summed E-state index contributed by atoms with van der Waals surface area (Å²) >= 11 is 0. The molecule has 1 saturated heterocycles. The summed E-state index contributed by atoms with van der Waals surface area (Å²) in [5, 5.41) is 40.1. The Hall–Kier alpha value is -2.48. The maximum Gasteiger partial charge on any atom is 0.119 e. The number of methoxy groups -OCH3 is 1. The summed E-state index contributed by atoms with van der Waals surface area (Å²) in [6.45, 7) is -0.462. The molecule has 0 spiro atoms. The smallest absolute Gasteiger partial charge is 0.119 e. The van der Waals surface area contributed by atoms with Gasteiger partial charge in [-0.1, -0.05) is 48.5 Å². The van der Waals surface area contributed by atoms with Crippen LogP contribution in [0.4, 0.5) is 0 Å². The van der Waals surface area contributed by atoms with Crippen LogP contribution in [0.25, 0.3) is 11.1 Å². The van der Waals surface area contributed by atoms with Crippen LogP contribution in [0.5, 0.6) is 5.75 Å². The predicted octanol–water partition coefficient (Wildman–Crippen LogP) is 1.91. The summed E-state index contributed by atoms with van der Waals surface area (Å²) in [4.78, 5) is 0. The molecule has 6 heteroatoms. The molecule has 3 aliphatic rings. The Morgan fingerprint density at radius 2 is 1.50 bits per heavy atom. The van der Waals surface area contributed by atoms with E-state index in [2.05, 4.69) is 24.3 Å². The Labute approximate surface area is 175 Å². The fraction of sp³-hybridized carbons (Fsp3) is 0.333. The number of benzene rings is 1. The third-order valence-electron chi connectivity index (χ3n) is 5.64. The van der Waals surface area contributed by atoms with E-state index in [4.69, 9.17) is 9.47 Å². The molecule has 5 atom stereocenters. The first-order valence-corrected chi connectivity index (χ1v) is 9.96. The molecule has 0 bridgehead atoms. The van der Waals surface area contributed by atoms with Gasteiger partial charge < -0.3 is 29.9 Å². The summed E-state index contributed by atoms with van der Waals surface area (Å²) in [5.41, 5.74) is 5.04. The van der Waals surface area contributed by atoms with Crippen LogP contribution in [-0.2, 0) is 11.2 Å². The maximum absolute atomic E-state index is 10.5. The lowest BCUT2D eigenvalue weighted by atomic mass is 9.90. The summed E-state index contributed by atoms with van der Waals surface area (Å²) < 4.78 is 11.1. The fourth-order valence-corrected chi connectivity index (χ4v) is 4.06. The molecule has 1 fully saturated rings. The van der Waals surface area contributed by atoms with Crippen molar-refractivity contribution in [3.63, 3.8) is 0 Å². The number of aliphatic hydroxyl groups excluding tert-OH is 4. The van der Waals surface area contributed by atoms with Crippen molar-refractivity contribution in [1.82, 2.24) is 0 Å². The van der Waals surface area contributed by atoms with E-state index in [1.54, 1.807) is 13.2 Å². The average molecular weight is 410 g/mol. The second kappa shape index (κ2) is 8.71. The standard InChI is InChI=1S/C24H26O6/c1-29-19-11-15(7-14-8-16-5-3-2-4-6-17(16)9-14)10-18(12-19)24-23(28)22(27)21(26)20(13-25)30-24/h2-6,8-12,20-28H,7,13H2,1H3/t20-,21-,22+,23-,24+/m1/s1. The quantitative estimate of drug-likeness (QED) is 0.513. The summed E-state index contributed by atoms with van der Waals surface area (Å²) in [7, 11) is 1.56. The zero-order valence-corrected chi connectivity index (χ0v) is 16.7.